The Labute approximate surface area is 129 Å². The molecule has 0 unspecified atom stereocenters. The molecule has 1 N–H and O–H groups in total. The maximum atomic E-state index is 11.8. The molecule has 22 heavy (non-hydrogen) atoms. The van der Waals surface area contributed by atoms with Crippen LogP contribution >= 0.6 is 0 Å². The van der Waals surface area contributed by atoms with Crippen LogP contribution < -0.4 is 19.5 Å². The van der Waals surface area contributed by atoms with Gasteiger partial charge in [0.1, 0.15) is 19.0 Å². The number of fused-ring (bicyclic) bond motifs is 1. The molecule has 1 aromatic carbocycles. The highest BCUT2D eigenvalue weighted by molar-refractivity contribution is 5.77. The number of carbonyl (C=O) groups excluding carboxylic acids is 2. The van der Waals surface area contributed by atoms with Crippen molar-refractivity contribution < 1.29 is 23.8 Å². The van der Waals surface area contributed by atoms with E-state index < -0.39 is 0 Å². The monoisotopic (exact) mass is 307 g/mol. The third kappa shape index (κ3) is 4.95. The summed E-state index contributed by atoms with van der Waals surface area (Å²) in [4.78, 5) is 23.2. The third-order valence-corrected chi connectivity index (χ3v) is 2.98. The zero-order valence-electron chi connectivity index (χ0n) is 12.9. The number of esters is 1. The number of ether oxygens (including phenoxy) is 3. The summed E-state index contributed by atoms with van der Waals surface area (Å²) in [5.41, 5.74) is 0. The van der Waals surface area contributed by atoms with Gasteiger partial charge in [0.2, 0.25) is 5.91 Å². The summed E-state index contributed by atoms with van der Waals surface area (Å²) < 4.78 is 16.1. The smallest absolute Gasteiger partial charge is 0.311 e. The Bertz CT molecular complexity index is 541. The van der Waals surface area contributed by atoms with Crippen LogP contribution in [0.3, 0.4) is 0 Å². The van der Waals surface area contributed by atoms with Crippen molar-refractivity contribution >= 4 is 11.9 Å². The van der Waals surface area contributed by atoms with Crippen molar-refractivity contribution in [1.29, 1.82) is 0 Å². The van der Waals surface area contributed by atoms with Gasteiger partial charge in [-0.25, -0.2) is 0 Å². The maximum Gasteiger partial charge on any atom is 0.311 e. The molecule has 0 aromatic heterocycles. The fraction of sp³-hybridized carbons (Fsp3) is 0.500. The molecule has 6 nitrogen and oxygen atoms in total. The first kappa shape index (κ1) is 16.1. The van der Waals surface area contributed by atoms with E-state index in [0.29, 0.717) is 43.3 Å². The van der Waals surface area contributed by atoms with Crippen LogP contribution in [0, 0.1) is 0 Å². The van der Waals surface area contributed by atoms with Crippen molar-refractivity contribution in [2.45, 2.75) is 39.2 Å². The summed E-state index contributed by atoms with van der Waals surface area (Å²) in [6.45, 7) is 4.79. The molecule has 2 rings (SSSR count). The van der Waals surface area contributed by atoms with Crippen LogP contribution in [0.15, 0.2) is 18.2 Å². The molecule has 1 amide bonds. The first-order valence-electron chi connectivity index (χ1n) is 7.44. The van der Waals surface area contributed by atoms with E-state index in [9.17, 15) is 9.59 Å². The molecule has 1 aliphatic heterocycles. The largest absolute Gasteiger partial charge is 0.486 e. The van der Waals surface area contributed by atoms with E-state index in [0.717, 1.165) is 0 Å². The Kier molecular flexibility index (Phi) is 5.63. The summed E-state index contributed by atoms with van der Waals surface area (Å²) in [6, 6.07) is 5.12. The minimum atomic E-state index is -0.367. The number of carbonyl (C=O) groups is 2. The molecular formula is C16H21NO5. The van der Waals surface area contributed by atoms with Crippen molar-refractivity contribution in [3.63, 3.8) is 0 Å². The van der Waals surface area contributed by atoms with Crippen molar-refractivity contribution in [1.82, 2.24) is 5.32 Å². The van der Waals surface area contributed by atoms with Crippen molar-refractivity contribution in [2.75, 3.05) is 13.2 Å². The predicted octanol–water partition coefficient (Wildman–Crippen LogP) is 2.06. The number of hydrogen-bond acceptors (Lipinski definition) is 5. The van der Waals surface area contributed by atoms with Gasteiger partial charge in [0, 0.05) is 24.9 Å². The Morgan fingerprint density at radius 1 is 1.18 bits per heavy atom. The second kappa shape index (κ2) is 7.68. The minimum Gasteiger partial charge on any atom is -0.486 e. The predicted molar refractivity (Wildman–Crippen MR) is 80.2 cm³/mol. The molecule has 0 atom stereocenters. The lowest BCUT2D eigenvalue weighted by Gasteiger charge is -2.18. The number of amides is 1. The van der Waals surface area contributed by atoms with Crippen LogP contribution in [0.1, 0.15) is 33.1 Å². The van der Waals surface area contributed by atoms with Crippen LogP contribution in [-0.2, 0) is 9.59 Å². The van der Waals surface area contributed by atoms with Crippen molar-refractivity contribution in [2.24, 2.45) is 0 Å². The first-order chi connectivity index (χ1) is 10.5. The molecule has 1 aliphatic rings. The maximum absolute atomic E-state index is 11.8. The lowest BCUT2D eigenvalue weighted by atomic mass is 10.2. The normalized spacial score (nSPS) is 12.9. The zero-order chi connectivity index (χ0) is 15.9. The highest BCUT2D eigenvalue weighted by atomic mass is 16.6. The fourth-order valence-corrected chi connectivity index (χ4v) is 2.06. The van der Waals surface area contributed by atoms with E-state index in [1.165, 1.54) is 0 Å². The van der Waals surface area contributed by atoms with Crippen molar-refractivity contribution in [3.05, 3.63) is 18.2 Å². The van der Waals surface area contributed by atoms with Crippen LogP contribution in [0.4, 0.5) is 0 Å². The number of rotatable bonds is 6. The van der Waals surface area contributed by atoms with Gasteiger partial charge in [-0.05, 0) is 32.4 Å². The highest BCUT2D eigenvalue weighted by Crippen LogP contribution is 2.33. The molecule has 0 bridgehead atoms. The molecule has 6 heteroatoms. The first-order valence-corrected chi connectivity index (χ1v) is 7.44. The minimum absolute atomic E-state index is 0.0536. The van der Waals surface area contributed by atoms with Gasteiger partial charge in [0.15, 0.2) is 11.5 Å². The van der Waals surface area contributed by atoms with Gasteiger partial charge in [0.05, 0.1) is 0 Å². The Morgan fingerprint density at radius 3 is 2.64 bits per heavy atom. The SMILES string of the molecule is CC(C)NC(=O)CCCC(=O)Oc1ccc2c(c1)OCCO2. The van der Waals surface area contributed by atoms with Gasteiger partial charge >= 0.3 is 5.97 Å². The van der Waals surface area contributed by atoms with Crippen LogP contribution in [0.5, 0.6) is 17.2 Å². The van der Waals surface area contributed by atoms with Gasteiger partial charge in [-0.1, -0.05) is 0 Å². The number of nitrogens with one attached hydrogen (secondary N) is 1. The van der Waals surface area contributed by atoms with Crippen LogP contribution in [0.25, 0.3) is 0 Å². The van der Waals surface area contributed by atoms with E-state index in [1.54, 1.807) is 18.2 Å². The Morgan fingerprint density at radius 2 is 1.91 bits per heavy atom. The molecule has 0 spiro atoms. The Balaban J connectivity index is 1.76. The summed E-state index contributed by atoms with van der Waals surface area (Å²) in [7, 11) is 0. The molecule has 1 heterocycles. The van der Waals surface area contributed by atoms with E-state index in [4.69, 9.17) is 14.2 Å². The van der Waals surface area contributed by atoms with Crippen LogP contribution in [-0.4, -0.2) is 31.1 Å². The molecule has 1 aromatic rings. The summed E-state index contributed by atoms with van der Waals surface area (Å²) in [5, 5.41) is 2.78. The summed E-state index contributed by atoms with van der Waals surface area (Å²) >= 11 is 0. The van der Waals surface area contributed by atoms with Crippen molar-refractivity contribution in [3.8, 4) is 17.2 Å². The highest BCUT2D eigenvalue weighted by Gasteiger charge is 2.14. The van der Waals surface area contributed by atoms with Gasteiger partial charge in [0.25, 0.3) is 0 Å². The standard InChI is InChI=1S/C16H21NO5/c1-11(2)17-15(18)4-3-5-16(19)22-12-6-7-13-14(10-12)21-9-8-20-13/h6-7,10-11H,3-5,8-9H2,1-2H3,(H,17,18). The second-order valence-corrected chi connectivity index (χ2v) is 5.36. The van der Waals surface area contributed by atoms with E-state index in [-0.39, 0.29) is 24.3 Å². The topological polar surface area (TPSA) is 73.9 Å². The Hall–Kier alpha value is -2.24. The molecule has 120 valence electrons. The lowest BCUT2D eigenvalue weighted by Crippen LogP contribution is -2.29. The van der Waals surface area contributed by atoms with E-state index >= 15 is 0 Å². The lowest BCUT2D eigenvalue weighted by molar-refractivity contribution is -0.134. The van der Waals surface area contributed by atoms with Crippen LogP contribution in [0.2, 0.25) is 0 Å². The molecular weight excluding hydrogens is 286 g/mol. The molecule has 0 radical (unpaired) electrons. The number of benzene rings is 1. The van der Waals surface area contributed by atoms with Gasteiger partial charge < -0.3 is 19.5 Å². The van der Waals surface area contributed by atoms with Gasteiger partial charge in [-0.2, -0.15) is 0 Å². The van der Waals surface area contributed by atoms with E-state index in [2.05, 4.69) is 5.32 Å². The average molecular weight is 307 g/mol. The number of hydrogen-bond donors (Lipinski definition) is 1. The van der Waals surface area contributed by atoms with E-state index in [1.807, 2.05) is 13.8 Å². The molecule has 0 saturated heterocycles. The summed E-state index contributed by atoms with van der Waals surface area (Å²) in [6.07, 6.45) is 0.969. The van der Waals surface area contributed by atoms with Gasteiger partial charge in [-0.15, -0.1) is 0 Å². The average Bonchev–Trinajstić information content (AvgIpc) is 2.46. The van der Waals surface area contributed by atoms with Gasteiger partial charge in [-0.3, -0.25) is 9.59 Å². The fourth-order valence-electron chi connectivity index (χ4n) is 2.06. The third-order valence-electron chi connectivity index (χ3n) is 2.98. The zero-order valence-corrected chi connectivity index (χ0v) is 12.9. The quantitative estimate of drug-likeness (QED) is 0.643. The summed E-state index contributed by atoms with van der Waals surface area (Å²) in [5.74, 6) is 1.22. The molecule has 0 saturated carbocycles. The molecule has 0 aliphatic carbocycles. The molecule has 0 fully saturated rings. The second-order valence-electron chi connectivity index (χ2n) is 5.36.